The van der Waals surface area contributed by atoms with Gasteiger partial charge in [-0.3, -0.25) is 4.79 Å². The van der Waals surface area contributed by atoms with Gasteiger partial charge in [-0.25, -0.2) is 9.18 Å². The number of carboxylic acid groups (broad SMARTS) is 1. The minimum absolute atomic E-state index is 0.00743. The molecule has 27 heavy (non-hydrogen) atoms. The molecule has 3 rings (SSSR count). The lowest BCUT2D eigenvalue weighted by Crippen LogP contribution is -2.23. The molecule has 0 bridgehead atoms. The highest BCUT2D eigenvalue weighted by molar-refractivity contribution is 6.33. The van der Waals surface area contributed by atoms with Crippen molar-refractivity contribution in [1.82, 2.24) is 10.5 Å². The molecule has 0 unspecified atom stereocenters. The topological polar surface area (TPSA) is 92.4 Å². The summed E-state index contributed by atoms with van der Waals surface area (Å²) < 4.78 is 19.3. The van der Waals surface area contributed by atoms with E-state index in [0.29, 0.717) is 5.56 Å². The van der Waals surface area contributed by atoms with Crippen LogP contribution in [0.5, 0.6) is 0 Å². The first kappa shape index (κ1) is 18.6. The second-order valence-electron chi connectivity index (χ2n) is 5.74. The van der Waals surface area contributed by atoms with Crippen molar-refractivity contribution in [3.63, 3.8) is 0 Å². The smallest absolute Gasteiger partial charge is 0.335 e. The molecule has 138 valence electrons. The number of aromatic nitrogens is 1. The molecule has 8 heteroatoms. The number of carboxylic acids is 1. The summed E-state index contributed by atoms with van der Waals surface area (Å²) in [5.41, 5.74) is 0.954. The lowest BCUT2D eigenvalue weighted by atomic mass is 10.0. The third kappa shape index (κ3) is 3.83. The van der Waals surface area contributed by atoms with E-state index >= 15 is 0 Å². The SMILES string of the molecule is Cc1onc(-c2c(F)cccc2Cl)c1C(=O)NCc1ccc(C(=O)O)cc1. The van der Waals surface area contributed by atoms with Gasteiger partial charge < -0.3 is 14.9 Å². The molecule has 0 spiro atoms. The van der Waals surface area contributed by atoms with Crippen molar-refractivity contribution < 1.29 is 23.6 Å². The van der Waals surface area contributed by atoms with Gasteiger partial charge in [0.25, 0.3) is 5.91 Å². The molecule has 0 radical (unpaired) electrons. The summed E-state index contributed by atoms with van der Waals surface area (Å²) in [5, 5.41) is 15.5. The maximum absolute atomic E-state index is 14.2. The van der Waals surface area contributed by atoms with Crippen molar-refractivity contribution in [2.45, 2.75) is 13.5 Å². The van der Waals surface area contributed by atoms with Gasteiger partial charge in [0.15, 0.2) is 0 Å². The predicted octanol–water partition coefficient (Wildman–Crippen LogP) is 4.07. The minimum Gasteiger partial charge on any atom is -0.478 e. The Labute approximate surface area is 158 Å². The first-order valence-corrected chi connectivity index (χ1v) is 8.27. The Balaban J connectivity index is 1.83. The number of aryl methyl sites for hydroxylation is 1. The largest absolute Gasteiger partial charge is 0.478 e. The number of nitrogens with one attached hydrogen (secondary N) is 1. The zero-order valence-corrected chi connectivity index (χ0v) is 14.9. The Bertz CT molecular complexity index is 995. The van der Waals surface area contributed by atoms with Gasteiger partial charge in [-0.1, -0.05) is 35.0 Å². The van der Waals surface area contributed by atoms with Crippen LogP contribution in [0.15, 0.2) is 47.0 Å². The van der Waals surface area contributed by atoms with Crippen molar-refractivity contribution in [3.05, 3.63) is 75.8 Å². The molecule has 3 aromatic rings. The summed E-state index contributed by atoms with van der Waals surface area (Å²) in [6.45, 7) is 1.69. The van der Waals surface area contributed by atoms with Crippen molar-refractivity contribution in [3.8, 4) is 11.3 Å². The van der Waals surface area contributed by atoms with Gasteiger partial charge in [0.1, 0.15) is 22.8 Å². The standard InChI is InChI=1S/C19H14ClFN2O4/c1-10-15(17(23-27-10)16-13(20)3-2-4-14(16)21)18(24)22-9-11-5-7-12(8-6-11)19(25)26/h2-8H,9H2,1H3,(H,22,24)(H,25,26). The van der Waals surface area contributed by atoms with E-state index in [1.807, 2.05) is 0 Å². The van der Waals surface area contributed by atoms with Crippen molar-refractivity contribution in [2.75, 3.05) is 0 Å². The molecule has 0 aliphatic carbocycles. The van der Waals surface area contributed by atoms with E-state index in [-0.39, 0.29) is 39.7 Å². The Morgan fingerprint density at radius 1 is 1.22 bits per heavy atom. The molecule has 2 N–H and O–H groups in total. The summed E-state index contributed by atoms with van der Waals surface area (Å²) in [7, 11) is 0. The van der Waals surface area contributed by atoms with Gasteiger partial charge in [0.2, 0.25) is 0 Å². The van der Waals surface area contributed by atoms with E-state index in [1.165, 1.54) is 30.3 Å². The molecule has 1 heterocycles. The third-order valence-corrected chi connectivity index (χ3v) is 4.26. The molecule has 0 aliphatic heterocycles. The van der Waals surface area contributed by atoms with E-state index < -0.39 is 17.7 Å². The van der Waals surface area contributed by atoms with E-state index in [2.05, 4.69) is 10.5 Å². The highest BCUT2D eigenvalue weighted by Crippen LogP contribution is 2.33. The van der Waals surface area contributed by atoms with Gasteiger partial charge in [-0.15, -0.1) is 0 Å². The summed E-state index contributed by atoms with van der Waals surface area (Å²) in [6, 6.07) is 10.2. The van der Waals surface area contributed by atoms with Crippen LogP contribution in [0.25, 0.3) is 11.3 Å². The maximum atomic E-state index is 14.2. The molecule has 0 fully saturated rings. The first-order chi connectivity index (χ1) is 12.9. The fourth-order valence-corrected chi connectivity index (χ4v) is 2.82. The molecule has 1 aromatic heterocycles. The predicted molar refractivity (Wildman–Crippen MR) is 96.2 cm³/mol. The van der Waals surface area contributed by atoms with Gasteiger partial charge >= 0.3 is 5.97 Å². The van der Waals surface area contributed by atoms with Crippen LogP contribution in [0, 0.1) is 12.7 Å². The van der Waals surface area contributed by atoms with Crippen LogP contribution in [0.1, 0.15) is 32.0 Å². The zero-order chi connectivity index (χ0) is 19.6. The molecule has 1 amide bonds. The number of halogens is 2. The van der Waals surface area contributed by atoms with Gasteiger partial charge in [0, 0.05) is 6.54 Å². The zero-order valence-electron chi connectivity index (χ0n) is 14.1. The number of hydrogen-bond donors (Lipinski definition) is 2. The number of carbonyl (C=O) groups excluding carboxylic acids is 1. The molecule has 0 saturated heterocycles. The Morgan fingerprint density at radius 3 is 2.56 bits per heavy atom. The average molecular weight is 389 g/mol. The normalized spacial score (nSPS) is 10.6. The van der Waals surface area contributed by atoms with Crippen LogP contribution in [0.4, 0.5) is 4.39 Å². The van der Waals surface area contributed by atoms with E-state index in [1.54, 1.807) is 19.1 Å². The van der Waals surface area contributed by atoms with Crippen LogP contribution in [-0.4, -0.2) is 22.1 Å². The van der Waals surface area contributed by atoms with E-state index in [9.17, 15) is 14.0 Å². The number of benzene rings is 2. The van der Waals surface area contributed by atoms with Crippen LogP contribution in [0.3, 0.4) is 0 Å². The van der Waals surface area contributed by atoms with Crippen LogP contribution < -0.4 is 5.32 Å². The minimum atomic E-state index is -1.03. The Kier molecular flexibility index (Phi) is 5.23. The Hall–Kier alpha value is -3.19. The van der Waals surface area contributed by atoms with Gasteiger partial charge in [0.05, 0.1) is 16.1 Å². The van der Waals surface area contributed by atoms with Gasteiger partial charge in [-0.05, 0) is 36.8 Å². The van der Waals surface area contributed by atoms with Crippen molar-refractivity contribution in [2.24, 2.45) is 0 Å². The third-order valence-electron chi connectivity index (χ3n) is 3.94. The number of rotatable bonds is 5. The molecular weight excluding hydrogens is 375 g/mol. The average Bonchev–Trinajstić information content (AvgIpc) is 3.01. The number of amides is 1. The fraction of sp³-hybridized carbons (Fsp3) is 0.105. The maximum Gasteiger partial charge on any atom is 0.335 e. The quantitative estimate of drug-likeness (QED) is 0.687. The molecule has 2 aromatic carbocycles. The monoisotopic (exact) mass is 388 g/mol. The molecule has 0 saturated carbocycles. The van der Waals surface area contributed by atoms with E-state index in [0.717, 1.165) is 0 Å². The molecule has 0 atom stereocenters. The van der Waals surface area contributed by atoms with Crippen LogP contribution in [0.2, 0.25) is 5.02 Å². The van der Waals surface area contributed by atoms with Crippen molar-refractivity contribution >= 4 is 23.5 Å². The second kappa shape index (κ2) is 7.59. The van der Waals surface area contributed by atoms with Gasteiger partial charge in [-0.2, -0.15) is 0 Å². The molecule has 6 nitrogen and oxygen atoms in total. The lowest BCUT2D eigenvalue weighted by molar-refractivity contribution is 0.0696. The fourth-order valence-electron chi connectivity index (χ4n) is 2.57. The van der Waals surface area contributed by atoms with Crippen molar-refractivity contribution in [1.29, 1.82) is 0 Å². The number of aromatic carboxylic acids is 1. The number of carbonyl (C=O) groups is 2. The molecular formula is C19H14ClFN2O4. The summed E-state index contributed by atoms with van der Waals surface area (Å²) >= 11 is 6.06. The highest BCUT2D eigenvalue weighted by atomic mass is 35.5. The second-order valence-corrected chi connectivity index (χ2v) is 6.15. The first-order valence-electron chi connectivity index (χ1n) is 7.89. The van der Waals surface area contributed by atoms with E-state index in [4.69, 9.17) is 21.2 Å². The summed E-state index contributed by atoms with van der Waals surface area (Å²) in [6.07, 6.45) is 0. The Morgan fingerprint density at radius 2 is 1.93 bits per heavy atom. The highest BCUT2D eigenvalue weighted by Gasteiger charge is 2.25. The number of hydrogen-bond acceptors (Lipinski definition) is 4. The summed E-state index contributed by atoms with van der Waals surface area (Å²) in [4.78, 5) is 23.5. The number of nitrogens with zero attached hydrogens (tertiary/aromatic N) is 1. The van der Waals surface area contributed by atoms with Crippen LogP contribution in [-0.2, 0) is 6.54 Å². The lowest BCUT2D eigenvalue weighted by Gasteiger charge is -2.08. The molecule has 0 aliphatic rings. The summed E-state index contributed by atoms with van der Waals surface area (Å²) in [5.74, 6) is -1.93. The van der Waals surface area contributed by atoms with Crippen LogP contribution >= 0.6 is 11.6 Å².